The summed E-state index contributed by atoms with van der Waals surface area (Å²) in [5, 5.41) is 21.4. The first-order valence-corrected chi connectivity index (χ1v) is 8.23. The molecule has 0 aliphatic carbocycles. The van der Waals surface area contributed by atoms with Crippen molar-refractivity contribution in [3.8, 4) is 17.6 Å². The number of para-hydroxylation sites is 2. The molecule has 0 heterocycles. The summed E-state index contributed by atoms with van der Waals surface area (Å²) in [5.41, 5.74) is 0.808. The van der Waals surface area contributed by atoms with Crippen LogP contribution in [0.15, 0.2) is 48.5 Å². The van der Waals surface area contributed by atoms with Crippen LogP contribution >= 0.6 is 0 Å². The number of benzene rings is 2. The molecule has 2 aromatic carbocycles. The van der Waals surface area contributed by atoms with Crippen molar-refractivity contribution in [2.24, 2.45) is 5.92 Å². The van der Waals surface area contributed by atoms with E-state index in [-0.39, 0.29) is 11.8 Å². The van der Waals surface area contributed by atoms with Crippen LogP contribution in [0.2, 0.25) is 0 Å². The van der Waals surface area contributed by atoms with Gasteiger partial charge in [0, 0.05) is 6.54 Å². The molecule has 1 amide bonds. The van der Waals surface area contributed by atoms with Gasteiger partial charge in [-0.05, 0) is 43.5 Å². The Kier molecular flexibility index (Phi) is 6.55. The Morgan fingerprint density at radius 2 is 1.80 bits per heavy atom. The van der Waals surface area contributed by atoms with Crippen molar-refractivity contribution in [3.63, 3.8) is 0 Å². The summed E-state index contributed by atoms with van der Waals surface area (Å²) in [6.07, 6.45) is 0.221. The number of amides is 1. The highest BCUT2D eigenvalue weighted by Crippen LogP contribution is 2.27. The van der Waals surface area contributed by atoms with Crippen molar-refractivity contribution in [1.82, 2.24) is 5.32 Å². The Morgan fingerprint density at radius 3 is 2.48 bits per heavy atom. The van der Waals surface area contributed by atoms with Crippen LogP contribution in [0.25, 0.3) is 0 Å². The molecule has 5 nitrogen and oxygen atoms in total. The molecule has 0 bridgehead atoms. The van der Waals surface area contributed by atoms with E-state index in [4.69, 9.17) is 10.00 Å². The molecule has 25 heavy (non-hydrogen) atoms. The lowest BCUT2D eigenvalue weighted by molar-refractivity contribution is 0.0937. The van der Waals surface area contributed by atoms with Gasteiger partial charge in [-0.15, -0.1) is 0 Å². The number of nitrogens with zero attached hydrogens (tertiary/aromatic N) is 1. The van der Waals surface area contributed by atoms with E-state index >= 15 is 0 Å². The van der Waals surface area contributed by atoms with Crippen LogP contribution in [0.1, 0.15) is 36.2 Å². The first-order valence-electron chi connectivity index (χ1n) is 8.23. The monoisotopic (exact) mass is 338 g/mol. The predicted octanol–water partition coefficient (Wildman–Crippen LogP) is 3.49. The van der Waals surface area contributed by atoms with Gasteiger partial charge in [0.25, 0.3) is 5.91 Å². The van der Waals surface area contributed by atoms with E-state index in [1.165, 1.54) is 0 Å². The van der Waals surface area contributed by atoms with Crippen LogP contribution in [0.5, 0.6) is 11.5 Å². The molecule has 0 aliphatic rings. The van der Waals surface area contributed by atoms with Crippen molar-refractivity contribution >= 4 is 5.91 Å². The molecule has 5 heteroatoms. The summed E-state index contributed by atoms with van der Waals surface area (Å²) in [4.78, 5) is 12.5. The zero-order valence-electron chi connectivity index (χ0n) is 14.4. The molecule has 0 saturated carbocycles. The summed E-state index contributed by atoms with van der Waals surface area (Å²) in [6, 6.07) is 15.9. The van der Waals surface area contributed by atoms with Crippen LogP contribution < -0.4 is 10.1 Å². The molecule has 2 atom stereocenters. The molecule has 0 spiro atoms. The molecular formula is C20H22N2O3. The molecular weight excluding hydrogens is 316 g/mol. The average Bonchev–Trinajstić information content (AvgIpc) is 2.60. The molecule has 0 aliphatic heterocycles. The fourth-order valence-electron chi connectivity index (χ4n) is 2.54. The third-order valence-electron chi connectivity index (χ3n) is 3.71. The summed E-state index contributed by atoms with van der Waals surface area (Å²) in [5.74, 6) is 0.720. The van der Waals surface area contributed by atoms with Gasteiger partial charge in [-0.25, -0.2) is 0 Å². The lowest BCUT2D eigenvalue weighted by atomic mass is 10.0. The number of nitrogens with one attached hydrogen (secondary N) is 1. The first-order chi connectivity index (χ1) is 12.0. The maximum atomic E-state index is 12.5. The highest BCUT2D eigenvalue weighted by Gasteiger charge is 2.15. The second kappa shape index (κ2) is 8.86. The van der Waals surface area contributed by atoms with Crippen molar-refractivity contribution in [1.29, 1.82) is 5.26 Å². The normalized spacial score (nSPS) is 12.7. The Labute approximate surface area is 147 Å². The maximum absolute atomic E-state index is 12.5. The van der Waals surface area contributed by atoms with Gasteiger partial charge in [-0.1, -0.05) is 31.2 Å². The zero-order valence-corrected chi connectivity index (χ0v) is 14.4. The van der Waals surface area contributed by atoms with Crippen LogP contribution in [-0.4, -0.2) is 23.7 Å². The van der Waals surface area contributed by atoms with Gasteiger partial charge >= 0.3 is 0 Å². The SMILES string of the molecule is CC(O)CC(C)CNC(=O)c1ccccc1Oc1ccccc1C#N. The smallest absolute Gasteiger partial charge is 0.255 e. The molecule has 0 aromatic heterocycles. The highest BCUT2D eigenvalue weighted by atomic mass is 16.5. The second-order valence-electron chi connectivity index (χ2n) is 6.11. The molecule has 2 aromatic rings. The Bertz CT molecular complexity index is 766. The largest absolute Gasteiger partial charge is 0.455 e. The minimum absolute atomic E-state index is 0.163. The van der Waals surface area contributed by atoms with Gasteiger partial charge in [-0.3, -0.25) is 4.79 Å². The van der Waals surface area contributed by atoms with Crippen molar-refractivity contribution in [2.75, 3.05) is 6.54 Å². The molecule has 130 valence electrons. The quantitative estimate of drug-likeness (QED) is 0.809. The Balaban J connectivity index is 2.12. The van der Waals surface area contributed by atoms with Gasteiger partial charge in [-0.2, -0.15) is 5.26 Å². The number of hydrogen-bond donors (Lipinski definition) is 2. The van der Waals surface area contributed by atoms with Crippen LogP contribution in [0.3, 0.4) is 0 Å². The van der Waals surface area contributed by atoms with Crippen molar-refractivity contribution in [3.05, 3.63) is 59.7 Å². The molecule has 0 fully saturated rings. The second-order valence-corrected chi connectivity index (χ2v) is 6.11. The Hall–Kier alpha value is -2.84. The van der Waals surface area contributed by atoms with E-state index in [9.17, 15) is 9.90 Å². The number of rotatable bonds is 7. The maximum Gasteiger partial charge on any atom is 0.255 e. The van der Waals surface area contributed by atoms with E-state index in [1.807, 2.05) is 6.92 Å². The molecule has 0 saturated heterocycles. The van der Waals surface area contributed by atoms with Crippen LogP contribution in [-0.2, 0) is 0 Å². The van der Waals surface area contributed by atoms with Gasteiger partial charge in [0.15, 0.2) is 0 Å². The van der Waals surface area contributed by atoms with Crippen molar-refractivity contribution < 1.29 is 14.6 Å². The number of hydrogen-bond acceptors (Lipinski definition) is 4. The van der Waals surface area contributed by atoms with E-state index in [1.54, 1.807) is 55.5 Å². The van der Waals surface area contributed by atoms with Gasteiger partial charge < -0.3 is 15.2 Å². The molecule has 0 radical (unpaired) electrons. The van der Waals surface area contributed by atoms with Gasteiger partial charge in [0.1, 0.15) is 17.6 Å². The standard InChI is InChI=1S/C20H22N2O3/c1-14(11-15(2)23)13-22-20(24)17-8-4-6-10-19(17)25-18-9-5-3-7-16(18)12-21/h3-10,14-15,23H,11,13H2,1-2H3,(H,22,24). The van der Waals surface area contributed by atoms with E-state index < -0.39 is 6.10 Å². The molecule has 2 rings (SSSR count). The third kappa shape index (κ3) is 5.33. The topological polar surface area (TPSA) is 82.3 Å². The summed E-state index contributed by atoms with van der Waals surface area (Å²) >= 11 is 0. The highest BCUT2D eigenvalue weighted by molar-refractivity contribution is 5.97. The van der Waals surface area contributed by atoms with Gasteiger partial charge in [0.05, 0.1) is 17.2 Å². The summed E-state index contributed by atoms with van der Waals surface area (Å²) in [7, 11) is 0. The number of carbonyl (C=O) groups excluding carboxylic acids is 1. The number of aliphatic hydroxyl groups excluding tert-OH is 1. The van der Waals surface area contributed by atoms with Crippen LogP contribution in [0, 0.1) is 17.2 Å². The minimum atomic E-state index is -0.398. The van der Waals surface area contributed by atoms with Gasteiger partial charge in [0.2, 0.25) is 0 Å². The van der Waals surface area contributed by atoms with E-state index in [2.05, 4.69) is 11.4 Å². The fraction of sp³-hybridized carbons (Fsp3) is 0.300. The van der Waals surface area contributed by atoms with E-state index in [0.29, 0.717) is 35.6 Å². The predicted molar refractivity (Wildman–Crippen MR) is 95.5 cm³/mol. The zero-order chi connectivity index (χ0) is 18.2. The lowest BCUT2D eigenvalue weighted by Crippen LogP contribution is -2.29. The first kappa shape index (κ1) is 18.5. The average molecular weight is 338 g/mol. The lowest BCUT2D eigenvalue weighted by Gasteiger charge is -2.16. The number of carbonyl (C=O) groups is 1. The summed E-state index contributed by atoms with van der Waals surface area (Å²) in [6.45, 7) is 4.17. The third-order valence-corrected chi connectivity index (χ3v) is 3.71. The van der Waals surface area contributed by atoms with Crippen molar-refractivity contribution in [2.45, 2.75) is 26.4 Å². The molecule has 2 N–H and O–H groups in total. The number of ether oxygens (including phenoxy) is 1. The van der Waals surface area contributed by atoms with Crippen LogP contribution in [0.4, 0.5) is 0 Å². The number of nitriles is 1. The molecule has 2 unspecified atom stereocenters. The minimum Gasteiger partial charge on any atom is -0.455 e. The fourth-order valence-corrected chi connectivity index (χ4v) is 2.54. The van der Waals surface area contributed by atoms with E-state index in [0.717, 1.165) is 0 Å². The Morgan fingerprint density at radius 1 is 1.16 bits per heavy atom. The summed E-state index contributed by atoms with van der Waals surface area (Å²) < 4.78 is 5.80. The number of aliphatic hydroxyl groups is 1.